The smallest absolute Gasteiger partial charge is 0.261 e. The topological polar surface area (TPSA) is 67.3 Å². The molecule has 17 heavy (non-hydrogen) atoms. The van der Waals surface area contributed by atoms with Crippen molar-refractivity contribution >= 4 is 46.6 Å². The van der Waals surface area contributed by atoms with E-state index in [2.05, 4.69) is 20.9 Å². The van der Waals surface area contributed by atoms with Crippen LogP contribution in [0, 0.1) is 6.92 Å². The van der Waals surface area contributed by atoms with Crippen molar-refractivity contribution in [1.82, 2.24) is 4.98 Å². The van der Waals surface area contributed by atoms with Crippen molar-refractivity contribution in [2.24, 2.45) is 0 Å². The van der Waals surface area contributed by atoms with Crippen molar-refractivity contribution in [3.8, 4) is 5.88 Å². The molecule has 0 spiro atoms. The summed E-state index contributed by atoms with van der Waals surface area (Å²) in [7, 11) is 1.45. The van der Waals surface area contributed by atoms with E-state index >= 15 is 0 Å². The number of halogens is 2. The monoisotopic (exact) mass is 335 g/mol. The fourth-order valence-electron chi connectivity index (χ4n) is 1.61. The number of rotatable bonds is 1. The van der Waals surface area contributed by atoms with Gasteiger partial charge in [-0.1, -0.05) is 15.9 Å². The van der Waals surface area contributed by atoms with Crippen molar-refractivity contribution < 1.29 is 13.5 Å². The van der Waals surface area contributed by atoms with Gasteiger partial charge in [0.15, 0.2) is 0 Å². The summed E-state index contributed by atoms with van der Waals surface area (Å²) in [5, 5.41) is 10.1. The lowest BCUT2D eigenvalue weighted by molar-refractivity contribution is 0.455. The first-order chi connectivity index (χ1) is 7.79. The predicted octanol–water partition coefficient (Wildman–Crippen LogP) is 2.94. The molecular weight excluding hydrogens is 330 g/mol. The summed E-state index contributed by atoms with van der Waals surface area (Å²) < 4.78 is 23.1. The van der Waals surface area contributed by atoms with Crippen LogP contribution in [-0.2, 0) is 9.05 Å². The third-order valence-corrected chi connectivity index (χ3v) is 4.26. The number of nitrogens with zero attached hydrogens (tertiary/aromatic N) is 1. The zero-order valence-electron chi connectivity index (χ0n) is 8.61. The first kappa shape index (κ1) is 12.6. The first-order valence-electron chi connectivity index (χ1n) is 4.53. The largest absolute Gasteiger partial charge is 0.493 e. The number of benzene rings is 1. The number of hydrogen-bond donors (Lipinski definition) is 1. The van der Waals surface area contributed by atoms with Gasteiger partial charge in [-0.25, -0.2) is 13.4 Å². The molecule has 0 unspecified atom stereocenters. The predicted molar refractivity (Wildman–Crippen MR) is 68.9 cm³/mol. The second-order valence-electron chi connectivity index (χ2n) is 3.53. The van der Waals surface area contributed by atoms with Crippen LogP contribution in [-0.4, -0.2) is 18.5 Å². The van der Waals surface area contributed by atoms with E-state index < -0.39 is 9.05 Å². The molecule has 7 heteroatoms. The Hall–Kier alpha value is -0.850. The van der Waals surface area contributed by atoms with Gasteiger partial charge in [-0.05, 0) is 24.6 Å². The Morgan fingerprint density at radius 2 is 2.00 bits per heavy atom. The van der Waals surface area contributed by atoms with Crippen molar-refractivity contribution in [3.05, 3.63) is 28.2 Å². The van der Waals surface area contributed by atoms with E-state index in [9.17, 15) is 13.5 Å². The zero-order valence-corrected chi connectivity index (χ0v) is 11.8. The van der Waals surface area contributed by atoms with Gasteiger partial charge in [-0.2, -0.15) is 0 Å². The molecule has 0 fully saturated rings. The Morgan fingerprint density at radius 1 is 1.35 bits per heavy atom. The van der Waals surface area contributed by atoms with E-state index in [0.717, 1.165) is 10.9 Å². The molecule has 0 amide bonds. The maximum atomic E-state index is 11.3. The lowest BCUT2D eigenvalue weighted by Crippen LogP contribution is -1.93. The molecule has 0 atom stereocenters. The van der Waals surface area contributed by atoms with Crippen molar-refractivity contribution in [2.75, 3.05) is 0 Å². The summed E-state index contributed by atoms with van der Waals surface area (Å²) in [5.74, 6) is -0.161. The van der Waals surface area contributed by atoms with Gasteiger partial charge in [-0.15, -0.1) is 0 Å². The summed E-state index contributed by atoms with van der Waals surface area (Å²) in [6.45, 7) is 1.80. The average Bonchev–Trinajstić information content (AvgIpc) is 2.13. The van der Waals surface area contributed by atoms with E-state index in [-0.39, 0.29) is 10.8 Å². The number of aryl methyl sites for hydroxylation is 1. The lowest BCUT2D eigenvalue weighted by Gasteiger charge is -2.06. The first-order valence-corrected chi connectivity index (χ1v) is 7.64. The SMILES string of the molecule is Cc1cc(O)nc2cc(S(=O)(=O)Cl)cc(Br)c12. The Bertz CT molecular complexity index is 715. The van der Waals surface area contributed by atoms with E-state index in [4.69, 9.17) is 10.7 Å². The van der Waals surface area contributed by atoms with Crippen LogP contribution in [0.5, 0.6) is 5.88 Å². The molecule has 1 aromatic heterocycles. The standard InChI is InChI=1S/C10H7BrClNO3S/c1-5-2-9(14)13-8-4-6(17(12,15)16)3-7(11)10(5)8/h2-4H,1H3,(H,13,14). The van der Waals surface area contributed by atoms with Gasteiger partial charge in [0, 0.05) is 26.6 Å². The van der Waals surface area contributed by atoms with Gasteiger partial charge in [-0.3, -0.25) is 0 Å². The van der Waals surface area contributed by atoms with Crippen molar-refractivity contribution in [3.63, 3.8) is 0 Å². The Morgan fingerprint density at radius 3 is 2.59 bits per heavy atom. The Labute approximate surface area is 111 Å². The van der Waals surface area contributed by atoms with Gasteiger partial charge in [0.25, 0.3) is 9.05 Å². The zero-order chi connectivity index (χ0) is 12.8. The highest BCUT2D eigenvalue weighted by Crippen LogP contribution is 2.31. The summed E-state index contributed by atoms with van der Waals surface area (Å²) in [4.78, 5) is 3.81. The molecule has 1 heterocycles. The van der Waals surface area contributed by atoms with Crippen LogP contribution in [0.1, 0.15) is 5.56 Å². The van der Waals surface area contributed by atoms with Gasteiger partial charge in [0.2, 0.25) is 5.88 Å². The summed E-state index contributed by atoms with van der Waals surface area (Å²) in [5.41, 5.74) is 1.16. The van der Waals surface area contributed by atoms with Crippen LogP contribution < -0.4 is 0 Å². The number of aromatic hydroxyl groups is 1. The molecule has 2 aromatic rings. The summed E-state index contributed by atoms with van der Waals surface area (Å²) >= 11 is 3.27. The van der Waals surface area contributed by atoms with Crippen molar-refractivity contribution in [1.29, 1.82) is 0 Å². The molecule has 1 N–H and O–H groups in total. The quantitative estimate of drug-likeness (QED) is 0.813. The molecule has 0 bridgehead atoms. The minimum Gasteiger partial charge on any atom is -0.493 e. The summed E-state index contributed by atoms with van der Waals surface area (Å²) in [6.07, 6.45) is 0. The fourth-order valence-corrected chi connectivity index (χ4v) is 3.30. The minimum absolute atomic E-state index is 0.0592. The molecule has 0 saturated heterocycles. The van der Waals surface area contributed by atoms with E-state index in [1.165, 1.54) is 18.2 Å². The second kappa shape index (κ2) is 4.12. The van der Waals surface area contributed by atoms with Crippen LogP contribution in [0.15, 0.2) is 27.6 Å². The Balaban J connectivity index is 2.92. The number of aromatic nitrogens is 1. The molecule has 0 saturated carbocycles. The van der Waals surface area contributed by atoms with Crippen LogP contribution in [0.25, 0.3) is 10.9 Å². The maximum absolute atomic E-state index is 11.3. The van der Waals surface area contributed by atoms with Crippen LogP contribution >= 0.6 is 26.6 Å². The summed E-state index contributed by atoms with van der Waals surface area (Å²) in [6, 6.07) is 4.24. The average molecular weight is 337 g/mol. The van der Waals surface area contributed by atoms with Crippen LogP contribution in [0.4, 0.5) is 0 Å². The van der Waals surface area contributed by atoms with Gasteiger partial charge in [0.1, 0.15) is 0 Å². The molecular formula is C10H7BrClNO3S. The maximum Gasteiger partial charge on any atom is 0.261 e. The second-order valence-corrected chi connectivity index (χ2v) is 6.95. The molecule has 0 aliphatic carbocycles. The highest BCUT2D eigenvalue weighted by molar-refractivity contribution is 9.10. The number of fused-ring (bicyclic) bond motifs is 1. The number of pyridine rings is 1. The highest BCUT2D eigenvalue weighted by atomic mass is 79.9. The third kappa shape index (κ3) is 2.38. The van der Waals surface area contributed by atoms with Crippen LogP contribution in [0.2, 0.25) is 0 Å². The lowest BCUT2D eigenvalue weighted by atomic mass is 10.1. The normalized spacial score (nSPS) is 11.9. The molecule has 0 aliphatic rings. The van der Waals surface area contributed by atoms with E-state index in [0.29, 0.717) is 9.99 Å². The molecule has 90 valence electrons. The molecule has 1 aromatic carbocycles. The van der Waals surface area contributed by atoms with E-state index in [1.807, 2.05) is 0 Å². The third-order valence-electron chi connectivity index (χ3n) is 2.30. The molecule has 2 rings (SSSR count). The van der Waals surface area contributed by atoms with Crippen LogP contribution in [0.3, 0.4) is 0 Å². The van der Waals surface area contributed by atoms with Gasteiger partial charge >= 0.3 is 0 Å². The highest BCUT2D eigenvalue weighted by Gasteiger charge is 2.15. The molecule has 0 aliphatic heterocycles. The van der Waals surface area contributed by atoms with Gasteiger partial charge < -0.3 is 5.11 Å². The molecule has 0 radical (unpaired) electrons. The van der Waals surface area contributed by atoms with Gasteiger partial charge in [0.05, 0.1) is 10.4 Å². The fraction of sp³-hybridized carbons (Fsp3) is 0.100. The van der Waals surface area contributed by atoms with Crippen molar-refractivity contribution in [2.45, 2.75) is 11.8 Å². The molecule has 4 nitrogen and oxygen atoms in total. The Kier molecular flexibility index (Phi) is 3.05. The van der Waals surface area contributed by atoms with E-state index in [1.54, 1.807) is 6.92 Å². The number of hydrogen-bond acceptors (Lipinski definition) is 4. The minimum atomic E-state index is -3.82.